The van der Waals surface area contributed by atoms with E-state index < -0.39 is 7.26 Å². The van der Waals surface area contributed by atoms with Crippen LogP contribution in [0.25, 0.3) is 0 Å². The minimum absolute atomic E-state index is 0. The molecule has 0 aromatic heterocycles. The van der Waals surface area contributed by atoms with Gasteiger partial charge in [0.1, 0.15) is 0 Å². The van der Waals surface area contributed by atoms with Crippen LogP contribution in [0.4, 0.5) is 0 Å². The average Bonchev–Trinajstić information content (AvgIpc) is 2.64. The highest BCUT2D eigenvalue weighted by molar-refractivity contribution is 7.75. The van der Waals surface area contributed by atoms with Crippen molar-refractivity contribution in [2.75, 3.05) is 24.6 Å². The van der Waals surface area contributed by atoms with E-state index in [4.69, 9.17) is 0 Å². The van der Waals surface area contributed by atoms with Gasteiger partial charge >= 0.3 is 0 Å². The molecule has 0 spiro atoms. The fourth-order valence-electron chi connectivity index (χ4n) is 4.09. The number of hydrogen-bond acceptors (Lipinski definition) is 0. The maximum Gasteiger partial charge on any atom is 0.0594 e. The molecule has 0 rings (SSSR count). The summed E-state index contributed by atoms with van der Waals surface area (Å²) < 4.78 is 0. The Morgan fingerprint density at radius 1 is 0.346 bits per heavy atom. The monoisotopic (exact) mass is 450 g/mol. The van der Waals surface area contributed by atoms with Gasteiger partial charge in [-0.15, -0.1) is 0 Å². The minimum Gasteiger partial charge on any atom is -1.00 e. The van der Waals surface area contributed by atoms with Crippen LogP contribution < -0.4 is 17.0 Å². The van der Waals surface area contributed by atoms with Crippen LogP contribution in [0, 0.1) is 0 Å². The Morgan fingerprint density at radius 2 is 0.615 bits per heavy atom. The van der Waals surface area contributed by atoms with Crippen LogP contribution >= 0.6 is 7.26 Å². The zero-order valence-electron chi connectivity index (χ0n) is 19.0. The first-order valence-corrected chi connectivity index (χ1v) is 14.6. The number of halogens is 1. The second-order valence-corrected chi connectivity index (χ2v) is 13.0. The summed E-state index contributed by atoms with van der Waals surface area (Å²) in [4.78, 5) is 0. The molecule has 0 saturated carbocycles. The molecule has 0 aliphatic rings. The van der Waals surface area contributed by atoms with Gasteiger partial charge in [0.25, 0.3) is 0 Å². The smallest absolute Gasteiger partial charge is 0.0594 e. The molecule has 0 unspecified atom stereocenters. The van der Waals surface area contributed by atoms with E-state index in [0.29, 0.717) is 0 Å². The van der Waals surface area contributed by atoms with Crippen LogP contribution in [0.15, 0.2) is 0 Å². The number of rotatable bonds is 20. The quantitative estimate of drug-likeness (QED) is 0.150. The van der Waals surface area contributed by atoms with Gasteiger partial charge < -0.3 is 17.0 Å². The molecule has 0 bridgehead atoms. The van der Waals surface area contributed by atoms with Gasteiger partial charge in [0.05, 0.1) is 24.6 Å². The lowest BCUT2D eigenvalue weighted by molar-refractivity contribution is -0.00000579. The molecule has 0 aromatic rings. The third-order valence-electron chi connectivity index (χ3n) is 5.94. The first-order chi connectivity index (χ1) is 12.2. The molecule has 0 aliphatic carbocycles. The molecule has 0 N–H and O–H groups in total. The topological polar surface area (TPSA) is 0 Å². The summed E-state index contributed by atoms with van der Waals surface area (Å²) in [5.74, 6) is 0. The van der Waals surface area contributed by atoms with Crippen molar-refractivity contribution in [1.29, 1.82) is 0 Å². The Morgan fingerprint density at radius 3 is 0.962 bits per heavy atom. The predicted octanol–water partition coefficient (Wildman–Crippen LogP) is 6.33. The molecule has 0 radical (unpaired) electrons. The van der Waals surface area contributed by atoms with Crippen LogP contribution in [0.3, 0.4) is 0 Å². The van der Waals surface area contributed by atoms with Gasteiger partial charge in [0.15, 0.2) is 0 Å². The van der Waals surface area contributed by atoms with Gasteiger partial charge in [-0.25, -0.2) is 0 Å². The van der Waals surface area contributed by atoms with Crippen LogP contribution in [-0.2, 0) is 0 Å². The SMILES string of the molecule is CCCCCCCCCCCC[P+](CCCC)(CCCC)CCCC.[Br-]. The lowest BCUT2D eigenvalue weighted by Gasteiger charge is -2.28. The molecule has 0 fully saturated rings. The molecule has 0 atom stereocenters. The molecule has 0 aliphatic heterocycles. The summed E-state index contributed by atoms with van der Waals surface area (Å²) in [6.45, 7) is 9.46. The summed E-state index contributed by atoms with van der Waals surface area (Å²) in [6.07, 6.45) is 30.0. The van der Waals surface area contributed by atoms with E-state index in [1.807, 2.05) is 0 Å². The third-order valence-corrected chi connectivity index (χ3v) is 11.0. The highest BCUT2D eigenvalue weighted by atomic mass is 79.9. The maximum atomic E-state index is 2.38. The third kappa shape index (κ3) is 17.0. The van der Waals surface area contributed by atoms with Gasteiger partial charge in [0, 0.05) is 7.26 Å². The lowest BCUT2D eigenvalue weighted by Crippen LogP contribution is -3.00. The van der Waals surface area contributed by atoms with Crippen LogP contribution in [-0.4, -0.2) is 24.6 Å². The fraction of sp³-hybridized carbons (Fsp3) is 1.00. The average molecular weight is 452 g/mol. The van der Waals surface area contributed by atoms with Crippen molar-refractivity contribution in [3.05, 3.63) is 0 Å². The molecule has 26 heavy (non-hydrogen) atoms. The van der Waals surface area contributed by atoms with Gasteiger partial charge in [0.2, 0.25) is 0 Å². The van der Waals surface area contributed by atoms with E-state index in [9.17, 15) is 0 Å². The summed E-state index contributed by atoms with van der Waals surface area (Å²) >= 11 is 0. The minimum atomic E-state index is -0.620. The zero-order valence-corrected chi connectivity index (χ0v) is 21.4. The first kappa shape index (κ1) is 29.1. The molecule has 0 saturated heterocycles. The van der Waals surface area contributed by atoms with E-state index in [2.05, 4.69) is 27.7 Å². The lowest BCUT2D eigenvalue weighted by atomic mass is 10.1. The van der Waals surface area contributed by atoms with Crippen molar-refractivity contribution in [1.82, 2.24) is 0 Å². The Kier molecular flexibility index (Phi) is 24.9. The molecule has 0 amide bonds. The Bertz CT molecular complexity index is 233. The Labute approximate surface area is 179 Å². The Balaban J connectivity index is 0. The van der Waals surface area contributed by atoms with Crippen LogP contribution in [0.2, 0.25) is 0 Å². The second kappa shape index (κ2) is 22.2. The largest absolute Gasteiger partial charge is 1.00 e. The first-order valence-electron chi connectivity index (χ1n) is 12.1. The molecule has 0 nitrogen and oxygen atoms in total. The highest BCUT2D eigenvalue weighted by Crippen LogP contribution is 2.61. The summed E-state index contributed by atoms with van der Waals surface area (Å²) in [5.41, 5.74) is 0. The highest BCUT2D eigenvalue weighted by Gasteiger charge is 2.34. The summed E-state index contributed by atoms with van der Waals surface area (Å²) in [7, 11) is -0.620. The molecule has 160 valence electrons. The van der Waals surface area contributed by atoms with E-state index in [-0.39, 0.29) is 17.0 Å². The van der Waals surface area contributed by atoms with Gasteiger partial charge in [-0.1, -0.05) is 98.3 Å². The Hall–Kier alpha value is 0.910. The van der Waals surface area contributed by atoms with Crippen molar-refractivity contribution >= 4 is 7.26 Å². The maximum absolute atomic E-state index is 2.38. The predicted molar refractivity (Wildman–Crippen MR) is 123 cm³/mol. The van der Waals surface area contributed by atoms with Crippen LogP contribution in [0.1, 0.15) is 130 Å². The van der Waals surface area contributed by atoms with Crippen molar-refractivity contribution in [2.24, 2.45) is 0 Å². The summed E-state index contributed by atoms with van der Waals surface area (Å²) in [6, 6.07) is 0. The molecular weight excluding hydrogens is 399 g/mol. The second-order valence-electron chi connectivity index (χ2n) is 8.48. The van der Waals surface area contributed by atoms with Gasteiger partial charge in [-0.05, 0) is 32.1 Å². The van der Waals surface area contributed by atoms with Crippen molar-refractivity contribution in [3.8, 4) is 0 Å². The van der Waals surface area contributed by atoms with E-state index in [0.717, 1.165) is 0 Å². The van der Waals surface area contributed by atoms with E-state index in [1.54, 1.807) is 31.1 Å². The normalized spacial score (nSPS) is 11.5. The molecule has 0 heterocycles. The number of unbranched alkanes of at least 4 members (excludes halogenated alkanes) is 12. The van der Waals surface area contributed by atoms with E-state index >= 15 is 0 Å². The molecular formula is C24H52BrP. The van der Waals surface area contributed by atoms with Crippen molar-refractivity contribution in [3.63, 3.8) is 0 Å². The number of hydrogen-bond donors (Lipinski definition) is 0. The molecule has 0 aromatic carbocycles. The molecule has 2 heteroatoms. The summed E-state index contributed by atoms with van der Waals surface area (Å²) in [5, 5.41) is 0. The standard InChI is InChI=1S/C24H52P.BrH/c1-5-9-13-14-15-16-17-18-19-20-24-25(21-10-6-2,22-11-7-3)23-12-8-4;/h5-24H2,1-4H3;1H/q+1;/p-1. The van der Waals surface area contributed by atoms with Gasteiger partial charge in [-0.3, -0.25) is 0 Å². The van der Waals surface area contributed by atoms with Gasteiger partial charge in [-0.2, -0.15) is 0 Å². The fourth-order valence-corrected chi connectivity index (χ4v) is 9.28. The zero-order chi connectivity index (χ0) is 18.6. The van der Waals surface area contributed by atoms with E-state index in [1.165, 1.54) is 96.3 Å². The van der Waals surface area contributed by atoms with Crippen molar-refractivity contribution < 1.29 is 17.0 Å². The van der Waals surface area contributed by atoms with Crippen LogP contribution in [0.5, 0.6) is 0 Å². The van der Waals surface area contributed by atoms with Crippen molar-refractivity contribution in [2.45, 2.75) is 130 Å².